The maximum Gasteiger partial charge on any atom is 0.267 e. The van der Waals surface area contributed by atoms with Gasteiger partial charge in [0.15, 0.2) is 5.12 Å². The SMILES string of the molecule is CCC(C)(C)C(=O)SCCO[P@@](C)(=O)NCc1ccccc1. The van der Waals surface area contributed by atoms with Crippen molar-refractivity contribution < 1.29 is 13.9 Å². The first-order valence-electron chi connectivity index (χ1n) is 7.45. The first-order chi connectivity index (χ1) is 10.3. The van der Waals surface area contributed by atoms with Crippen LogP contribution >= 0.6 is 19.3 Å². The van der Waals surface area contributed by atoms with Crippen LogP contribution in [0.25, 0.3) is 0 Å². The van der Waals surface area contributed by atoms with E-state index < -0.39 is 7.52 Å². The molecule has 1 aromatic rings. The second-order valence-electron chi connectivity index (χ2n) is 5.87. The normalized spacial score (nSPS) is 14.5. The summed E-state index contributed by atoms with van der Waals surface area (Å²) in [7, 11) is -2.84. The van der Waals surface area contributed by atoms with Gasteiger partial charge < -0.3 is 4.52 Å². The predicted molar refractivity (Wildman–Crippen MR) is 94.3 cm³/mol. The minimum Gasteiger partial charge on any atom is -0.317 e. The molecule has 124 valence electrons. The second-order valence-corrected chi connectivity index (χ2v) is 9.21. The highest BCUT2D eigenvalue weighted by molar-refractivity contribution is 8.13. The average Bonchev–Trinajstić information content (AvgIpc) is 2.50. The van der Waals surface area contributed by atoms with Crippen LogP contribution in [-0.2, 0) is 20.4 Å². The second kappa shape index (κ2) is 8.88. The highest BCUT2D eigenvalue weighted by Crippen LogP contribution is 2.38. The van der Waals surface area contributed by atoms with Gasteiger partial charge in [-0.05, 0) is 12.0 Å². The zero-order valence-corrected chi connectivity index (χ0v) is 15.5. The number of hydrogen-bond donors (Lipinski definition) is 1. The smallest absolute Gasteiger partial charge is 0.267 e. The molecule has 0 fully saturated rings. The number of rotatable bonds is 9. The van der Waals surface area contributed by atoms with Crippen LogP contribution in [0.4, 0.5) is 0 Å². The van der Waals surface area contributed by atoms with Crippen molar-refractivity contribution in [3.05, 3.63) is 35.9 Å². The fourth-order valence-electron chi connectivity index (χ4n) is 1.56. The van der Waals surface area contributed by atoms with E-state index in [1.54, 1.807) is 6.66 Å². The van der Waals surface area contributed by atoms with Crippen molar-refractivity contribution in [1.29, 1.82) is 0 Å². The van der Waals surface area contributed by atoms with Crippen LogP contribution in [0.1, 0.15) is 32.8 Å². The van der Waals surface area contributed by atoms with Crippen LogP contribution in [0.2, 0.25) is 0 Å². The van der Waals surface area contributed by atoms with E-state index in [0.717, 1.165) is 12.0 Å². The molecule has 0 heterocycles. The summed E-state index contributed by atoms with van der Waals surface area (Å²) in [5, 5.41) is 3.10. The molecular formula is C16H26NO3PS. The van der Waals surface area contributed by atoms with Crippen molar-refractivity contribution in [1.82, 2.24) is 5.09 Å². The van der Waals surface area contributed by atoms with Gasteiger partial charge in [0.25, 0.3) is 7.52 Å². The molecule has 22 heavy (non-hydrogen) atoms. The molecule has 0 aliphatic rings. The van der Waals surface area contributed by atoms with Gasteiger partial charge in [0.1, 0.15) is 0 Å². The lowest BCUT2D eigenvalue weighted by molar-refractivity contribution is -0.118. The van der Waals surface area contributed by atoms with Crippen molar-refractivity contribution in [3.8, 4) is 0 Å². The fraction of sp³-hybridized carbons (Fsp3) is 0.562. The zero-order chi connectivity index (χ0) is 16.6. The van der Waals surface area contributed by atoms with Crippen LogP contribution in [0.5, 0.6) is 0 Å². The summed E-state index contributed by atoms with van der Waals surface area (Å²) < 4.78 is 17.7. The van der Waals surface area contributed by atoms with Crippen LogP contribution in [0.15, 0.2) is 30.3 Å². The highest BCUT2D eigenvalue weighted by Gasteiger charge is 2.25. The molecule has 0 aliphatic heterocycles. The summed E-state index contributed by atoms with van der Waals surface area (Å²) in [6.07, 6.45) is 0.810. The lowest BCUT2D eigenvalue weighted by Crippen LogP contribution is -2.21. The molecule has 0 saturated carbocycles. The Hall–Kier alpha value is -0.610. The fourth-order valence-corrected chi connectivity index (χ4v) is 3.57. The number of carbonyl (C=O) groups is 1. The largest absolute Gasteiger partial charge is 0.317 e. The summed E-state index contributed by atoms with van der Waals surface area (Å²) in [5.74, 6) is 0.521. The first-order valence-corrected chi connectivity index (χ1v) is 10.5. The molecule has 0 saturated heterocycles. The Balaban J connectivity index is 2.28. The number of carbonyl (C=O) groups excluding carboxylic acids is 1. The van der Waals surface area contributed by atoms with Crippen LogP contribution in [0, 0.1) is 5.41 Å². The molecule has 0 unspecified atom stereocenters. The van der Waals surface area contributed by atoms with E-state index in [1.165, 1.54) is 11.8 Å². The molecule has 4 nitrogen and oxygen atoms in total. The Labute approximate surface area is 137 Å². The molecule has 0 spiro atoms. The van der Waals surface area contributed by atoms with E-state index in [1.807, 2.05) is 51.1 Å². The number of thioether (sulfide) groups is 1. The molecule has 0 aliphatic carbocycles. The number of hydrogen-bond acceptors (Lipinski definition) is 4. The first kappa shape index (κ1) is 19.4. The molecule has 1 rings (SSSR count). The van der Waals surface area contributed by atoms with Crippen molar-refractivity contribution in [2.24, 2.45) is 5.41 Å². The lowest BCUT2D eigenvalue weighted by atomic mass is 9.92. The predicted octanol–water partition coefficient (Wildman–Crippen LogP) is 4.31. The van der Waals surface area contributed by atoms with Gasteiger partial charge in [0.05, 0.1) is 6.61 Å². The van der Waals surface area contributed by atoms with Gasteiger partial charge in [0, 0.05) is 24.4 Å². The summed E-state index contributed by atoms with van der Waals surface area (Å²) in [6.45, 7) is 8.25. The topological polar surface area (TPSA) is 55.4 Å². The summed E-state index contributed by atoms with van der Waals surface area (Å²) in [4.78, 5) is 12.0. The van der Waals surface area contributed by atoms with E-state index in [-0.39, 0.29) is 10.5 Å². The van der Waals surface area contributed by atoms with Crippen molar-refractivity contribution in [2.75, 3.05) is 19.0 Å². The summed E-state index contributed by atoms with van der Waals surface area (Å²) >= 11 is 1.25. The Morgan fingerprint density at radius 2 is 1.95 bits per heavy atom. The number of benzene rings is 1. The maximum absolute atomic E-state index is 12.3. The quantitative estimate of drug-likeness (QED) is 0.535. The molecule has 0 aromatic heterocycles. The van der Waals surface area contributed by atoms with Gasteiger partial charge in [-0.25, -0.2) is 5.09 Å². The molecule has 0 amide bonds. The Morgan fingerprint density at radius 1 is 1.32 bits per heavy atom. The zero-order valence-electron chi connectivity index (χ0n) is 13.8. The van der Waals surface area contributed by atoms with Crippen LogP contribution in [-0.4, -0.2) is 24.1 Å². The molecule has 6 heteroatoms. The van der Waals surface area contributed by atoms with Crippen LogP contribution in [0.3, 0.4) is 0 Å². The van der Waals surface area contributed by atoms with Crippen LogP contribution < -0.4 is 5.09 Å². The number of nitrogens with one attached hydrogen (secondary N) is 1. The van der Waals surface area contributed by atoms with E-state index in [0.29, 0.717) is 18.9 Å². The Morgan fingerprint density at radius 3 is 2.55 bits per heavy atom. The Kier molecular flexibility index (Phi) is 7.84. The van der Waals surface area contributed by atoms with E-state index in [4.69, 9.17) is 4.52 Å². The minimum atomic E-state index is -2.84. The highest BCUT2D eigenvalue weighted by atomic mass is 32.2. The molecule has 1 N–H and O–H groups in total. The van der Waals surface area contributed by atoms with Crippen molar-refractivity contribution in [2.45, 2.75) is 33.7 Å². The third-order valence-corrected chi connectivity index (χ3v) is 6.10. The van der Waals surface area contributed by atoms with E-state index in [2.05, 4.69) is 5.09 Å². The molecule has 1 aromatic carbocycles. The van der Waals surface area contributed by atoms with E-state index >= 15 is 0 Å². The van der Waals surface area contributed by atoms with Crippen molar-refractivity contribution in [3.63, 3.8) is 0 Å². The van der Waals surface area contributed by atoms with Gasteiger partial charge in [-0.15, -0.1) is 0 Å². The summed E-state index contributed by atoms with van der Waals surface area (Å²) in [5.41, 5.74) is 0.744. The van der Waals surface area contributed by atoms with Gasteiger partial charge >= 0.3 is 0 Å². The van der Waals surface area contributed by atoms with Gasteiger partial charge in [-0.1, -0.05) is 62.9 Å². The van der Waals surface area contributed by atoms with E-state index in [9.17, 15) is 9.36 Å². The third kappa shape index (κ3) is 7.10. The third-order valence-electron chi connectivity index (χ3n) is 3.50. The average molecular weight is 343 g/mol. The Bertz CT molecular complexity index is 519. The summed E-state index contributed by atoms with van der Waals surface area (Å²) in [6, 6.07) is 9.76. The minimum absolute atomic E-state index is 0.154. The van der Waals surface area contributed by atoms with Gasteiger partial charge in [-0.2, -0.15) is 0 Å². The monoisotopic (exact) mass is 343 g/mol. The molecule has 1 atom stereocenters. The van der Waals surface area contributed by atoms with Gasteiger partial charge in [-0.3, -0.25) is 9.36 Å². The molecular weight excluding hydrogens is 317 g/mol. The standard InChI is InChI=1S/C16H26NO3PS/c1-5-16(2,3)15(18)22-12-11-20-21(4,19)17-13-14-9-7-6-8-10-14/h6-10H,5,11-13H2,1-4H3,(H,17,19)/t21-/m1/s1. The maximum atomic E-state index is 12.3. The van der Waals surface area contributed by atoms with Gasteiger partial charge in [0.2, 0.25) is 0 Å². The van der Waals surface area contributed by atoms with Crippen molar-refractivity contribution >= 4 is 24.4 Å². The lowest BCUT2D eigenvalue weighted by Gasteiger charge is -2.20. The molecule has 0 radical (unpaired) electrons. The molecule has 0 bridgehead atoms.